The van der Waals surface area contributed by atoms with Crippen molar-refractivity contribution in [1.29, 1.82) is 0 Å². The van der Waals surface area contributed by atoms with Crippen molar-refractivity contribution in [1.82, 2.24) is 4.90 Å². The first kappa shape index (κ1) is 15.5. The molecule has 0 atom stereocenters. The number of carbonyl (C=O) groups excluding carboxylic acids is 1. The first-order valence-electron chi connectivity index (χ1n) is 6.94. The van der Waals surface area contributed by atoms with E-state index in [9.17, 15) is 4.79 Å². The van der Waals surface area contributed by atoms with Gasteiger partial charge in [0, 0.05) is 48.3 Å². The van der Waals surface area contributed by atoms with Crippen LogP contribution in [0.4, 0.5) is 5.69 Å². The van der Waals surface area contributed by atoms with Crippen LogP contribution in [0.5, 0.6) is 0 Å². The number of hydrogen-bond acceptors (Lipinski definition) is 2. The van der Waals surface area contributed by atoms with Crippen LogP contribution in [-0.4, -0.2) is 37.0 Å². The Morgan fingerprint density at radius 3 is 2.15 bits per heavy atom. The average Bonchev–Trinajstić information content (AvgIpc) is 2.37. The molecule has 5 heteroatoms. The maximum Gasteiger partial charge on any atom is 0.222 e. The first-order valence-corrected chi connectivity index (χ1v) is 7.70. The van der Waals surface area contributed by atoms with Crippen molar-refractivity contribution in [2.24, 2.45) is 5.92 Å². The molecular formula is C15H20Cl2N2O. The van der Waals surface area contributed by atoms with Gasteiger partial charge in [-0.05, 0) is 24.1 Å². The van der Waals surface area contributed by atoms with Gasteiger partial charge in [0.15, 0.2) is 0 Å². The first-order chi connectivity index (χ1) is 9.45. The molecule has 1 heterocycles. The Morgan fingerprint density at radius 1 is 1.10 bits per heavy atom. The zero-order valence-electron chi connectivity index (χ0n) is 11.9. The van der Waals surface area contributed by atoms with Crippen LogP contribution in [0.25, 0.3) is 0 Å². The summed E-state index contributed by atoms with van der Waals surface area (Å²) in [6.07, 6.45) is 0.628. The number of hydrogen-bond donors (Lipinski definition) is 0. The lowest BCUT2D eigenvalue weighted by atomic mass is 10.1. The minimum Gasteiger partial charge on any atom is -0.368 e. The normalized spacial score (nSPS) is 15.8. The van der Waals surface area contributed by atoms with Gasteiger partial charge in [-0.1, -0.05) is 37.0 Å². The lowest BCUT2D eigenvalue weighted by molar-refractivity contribution is -0.132. The second-order valence-electron chi connectivity index (χ2n) is 5.59. The van der Waals surface area contributed by atoms with Crippen LogP contribution in [-0.2, 0) is 4.79 Å². The minimum atomic E-state index is 0.253. The molecule has 3 nitrogen and oxygen atoms in total. The predicted molar refractivity (Wildman–Crippen MR) is 84.7 cm³/mol. The molecule has 0 unspecified atom stereocenters. The molecule has 0 aromatic heterocycles. The van der Waals surface area contributed by atoms with Gasteiger partial charge >= 0.3 is 0 Å². The van der Waals surface area contributed by atoms with E-state index < -0.39 is 0 Å². The fourth-order valence-electron chi connectivity index (χ4n) is 2.41. The summed E-state index contributed by atoms with van der Waals surface area (Å²) in [6.45, 7) is 7.30. The number of halogens is 2. The third kappa shape index (κ3) is 4.03. The standard InChI is InChI=1S/C15H20Cl2N2O/c1-11(2)7-15(20)19-5-3-18(4-6-19)14-9-12(16)8-13(17)10-14/h8-11H,3-7H2,1-2H3. The zero-order chi connectivity index (χ0) is 14.7. The van der Waals surface area contributed by atoms with Crippen molar-refractivity contribution >= 4 is 34.8 Å². The molecule has 1 aliphatic heterocycles. The molecule has 0 radical (unpaired) electrons. The number of carbonyl (C=O) groups is 1. The summed E-state index contributed by atoms with van der Waals surface area (Å²) < 4.78 is 0. The van der Waals surface area contributed by atoms with Gasteiger partial charge < -0.3 is 9.80 Å². The lowest BCUT2D eigenvalue weighted by Crippen LogP contribution is -2.49. The SMILES string of the molecule is CC(C)CC(=O)N1CCN(c2cc(Cl)cc(Cl)c2)CC1. The van der Waals surface area contributed by atoms with Crippen LogP contribution in [0.3, 0.4) is 0 Å². The number of benzene rings is 1. The van der Waals surface area contributed by atoms with Crippen LogP contribution >= 0.6 is 23.2 Å². The number of piperazine rings is 1. The van der Waals surface area contributed by atoms with Gasteiger partial charge in [0.1, 0.15) is 0 Å². The summed E-state index contributed by atoms with van der Waals surface area (Å²) in [5.74, 6) is 0.663. The third-order valence-electron chi connectivity index (χ3n) is 3.43. The molecule has 20 heavy (non-hydrogen) atoms. The second-order valence-corrected chi connectivity index (χ2v) is 6.47. The largest absolute Gasteiger partial charge is 0.368 e. The minimum absolute atomic E-state index is 0.253. The molecule has 110 valence electrons. The van der Waals surface area contributed by atoms with Crippen LogP contribution in [0.1, 0.15) is 20.3 Å². The summed E-state index contributed by atoms with van der Waals surface area (Å²) in [5, 5.41) is 1.29. The molecular weight excluding hydrogens is 295 g/mol. The molecule has 2 rings (SSSR count). The van der Waals surface area contributed by atoms with Crippen LogP contribution in [0, 0.1) is 5.92 Å². The number of nitrogens with zero attached hydrogens (tertiary/aromatic N) is 2. The van der Waals surface area contributed by atoms with Crippen LogP contribution in [0.2, 0.25) is 10.0 Å². The maximum absolute atomic E-state index is 12.0. The van der Waals surface area contributed by atoms with E-state index >= 15 is 0 Å². The van der Waals surface area contributed by atoms with Crippen molar-refractivity contribution in [3.05, 3.63) is 28.2 Å². The van der Waals surface area contributed by atoms with Crippen molar-refractivity contribution in [2.45, 2.75) is 20.3 Å². The molecule has 1 fully saturated rings. The van der Waals surface area contributed by atoms with E-state index in [0.29, 0.717) is 22.4 Å². The average molecular weight is 315 g/mol. The summed E-state index contributed by atoms with van der Waals surface area (Å²) in [5.41, 5.74) is 1.03. The highest BCUT2D eigenvalue weighted by Crippen LogP contribution is 2.26. The topological polar surface area (TPSA) is 23.6 Å². The molecule has 0 aliphatic carbocycles. The molecule has 1 aromatic rings. The van der Waals surface area contributed by atoms with E-state index in [1.165, 1.54) is 0 Å². The lowest BCUT2D eigenvalue weighted by Gasteiger charge is -2.36. The third-order valence-corrected chi connectivity index (χ3v) is 3.86. The summed E-state index contributed by atoms with van der Waals surface area (Å²) in [7, 11) is 0. The highest BCUT2D eigenvalue weighted by atomic mass is 35.5. The van der Waals surface area contributed by atoms with E-state index in [2.05, 4.69) is 18.7 Å². The van der Waals surface area contributed by atoms with Crippen molar-refractivity contribution < 1.29 is 4.79 Å². The fourth-order valence-corrected chi connectivity index (χ4v) is 2.93. The van der Waals surface area contributed by atoms with E-state index in [1.807, 2.05) is 17.0 Å². The predicted octanol–water partition coefficient (Wildman–Crippen LogP) is 3.69. The molecule has 1 aromatic carbocycles. The Balaban J connectivity index is 1.95. The van der Waals surface area contributed by atoms with Crippen molar-refractivity contribution in [3.63, 3.8) is 0 Å². The van der Waals surface area contributed by atoms with Crippen LogP contribution in [0.15, 0.2) is 18.2 Å². The van der Waals surface area contributed by atoms with Gasteiger partial charge in [-0.15, -0.1) is 0 Å². The zero-order valence-corrected chi connectivity index (χ0v) is 13.4. The van der Waals surface area contributed by atoms with Gasteiger partial charge in [-0.25, -0.2) is 0 Å². The molecule has 0 saturated carbocycles. The second kappa shape index (κ2) is 6.68. The highest BCUT2D eigenvalue weighted by Gasteiger charge is 2.21. The molecule has 1 saturated heterocycles. The van der Waals surface area contributed by atoms with E-state index in [4.69, 9.17) is 23.2 Å². The Morgan fingerprint density at radius 2 is 1.65 bits per heavy atom. The summed E-state index contributed by atoms with van der Waals surface area (Å²) in [4.78, 5) is 16.2. The molecule has 1 aliphatic rings. The fraction of sp³-hybridized carbons (Fsp3) is 0.533. The summed E-state index contributed by atoms with van der Waals surface area (Å²) >= 11 is 12.1. The monoisotopic (exact) mass is 314 g/mol. The summed E-state index contributed by atoms with van der Waals surface area (Å²) in [6, 6.07) is 5.56. The maximum atomic E-state index is 12.0. The Labute approximate surface area is 130 Å². The smallest absolute Gasteiger partial charge is 0.222 e. The van der Waals surface area contributed by atoms with Crippen molar-refractivity contribution in [3.8, 4) is 0 Å². The van der Waals surface area contributed by atoms with Gasteiger partial charge in [0.25, 0.3) is 0 Å². The van der Waals surface area contributed by atoms with Gasteiger partial charge in [-0.2, -0.15) is 0 Å². The van der Waals surface area contributed by atoms with Gasteiger partial charge in [-0.3, -0.25) is 4.79 Å². The Kier molecular flexibility index (Phi) is 5.17. The number of anilines is 1. The molecule has 0 spiro atoms. The van der Waals surface area contributed by atoms with Gasteiger partial charge in [0.2, 0.25) is 5.91 Å². The van der Waals surface area contributed by atoms with Crippen molar-refractivity contribution in [2.75, 3.05) is 31.1 Å². The Hall–Kier alpha value is -0.930. The molecule has 0 bridgehead atoms. The van der Waals surface area contributed by atoms with E-state index in [0.717, 1.165) is 31.9 Å². The van der Waals surface area contributed by atoms with E-state index in [-0.39, 0.29) is 5.91 Å². The molecule has 1 amide bonds. The Bertz CT molecular complexity index is 463. The van der Waals surface area contributed by atoms with E-state index in [1.54, 1.807) is 6.07 Å². The molecule has 0 N–H and O–H groups in total. The quantitative estimate of drug-likeness (QED) is 0.849. The number of rotatable bonds is 3. The highest BCUT2D eigenvalue weighted by molar-refractivity contribution is 6.35. The van der Waals surface area contributed by atoms with Gasteiger partial charge in [0.05, 0.1) is 0 Å². The van der Waals surface area contributed by atoms with Crippen LogP contribution < -0.4 is 4.90 Å². The number of amides is 1.